The lowest BCUT2D eigenvalue weighted by Crippen LogP contribution is -2.31. The summed E-state index contributed by atoms with van der Waals surface area (Å²) in [6.07, 6.45) is 1.08. The third-order valence-corrected chi connectivity index (χ3v) is 3.16. The summed E-state index contributed by atoms with van der Waals surface area (Å²) in [4.78, 5) is 0. The molecular weight excluding hydrogens is 242 g/mol. The van der Waals surface area contributed by atoms with E-state index in [1.165, 1.54) is 11.3 Å². The lowest BCUT2D eigenvalue weighted by atomic mass is 10.1. The maximum atomic E-state index is 4.56. The summed E-state index contributed by atoms with van der Waals surface area (Å²) in [6, 6.07) is 0. The van der Waals surface area contributed by atoms with Crippen LogP contribution in [0.15, 0.2) is 4.60 Å². The van der Waals surface area contributed by atoms with Gasteiger partial charge in [0.25, 0.3) is 0 Å². The first-order valence-corrected chi connectivity index (χ1v) is 5.77. The molecule has 0 bridgehead atoms. The summed E-state index contributed by atoms with van der Waals surface area (Å²) in [5.41, 5.74) is 2.77. The van der Waals surface area contributed by atoms with Crippen molar-refractivity contribution in [2.24, 2.45) is 0 Å². The van der Waals surface area contributed by atoms with E-state index in [1.807, 2.05) is 0 Å². The van der Waals surface area contributed by atoms with Crippen molar-refractivity contribution < 1.29 is 0 Å². The average molecular weight is 258 g/mol. The molecule has 0 fully saturated rings. The minimum Gasteiger partial charge on any atom is -0.311 e. The smallest absolute Gasteiger partial charge is 0.131 e. The Kier molecular flexibility index (Phi) is 2.43. The van der Waals surface area contributed by atoms with Gasteiger partial charge in [-0.2, -0.15) is 5.10 Å². The van der Waals surface area contributed by atoms with Crippen molar-refractivity contribution in [3.8, 4) is 0 Å². The predicted octanol–water partition coefficient (Wildman–Crippen LogP) is 2.05. The SMILES string of the molecule is CC(C)(C)n1nc(Br)c2c1CNCC2. The highest BCUT2D eigenvalue weighted by Gasteiger charge is 2.25. The molecule has 1 aliphatic rings. The minimum absolute atomic E-state index is 0.0646. The van der Waals surface area contributed by atoms with Gasteiger partial charge in [-0.3, -0.25) is 4.68 Å². The highest BCUT2D eigenvalue weighted by Crippen LogP contribution is 2.27. The molecule has 2 heterocycles. The van der Waals surface area contributed by atoms with Gasteiger partial charge in [-0.25, -0.2) is 0 Å². The van der Waals surface area contributed by atoms with Crippen LogP contribution in [0.4, 0.5) is 0 Å². The fourth-order valence-corrected chi connectivity index (χ4v) is 2.45. The maximum Gasteiger partial charge on any atom is 0.131 e. The van der Waals surface area contributed by atoms with Crippen molar-refractivity contribution in [3.05, 3.63) is 15.9 Å². The molecular formula is C10H16BrN3. The van der Waals surface area contributed by atoms with Gasteiger partial charge in [0.2, 0.25) is 0 Å². The van der Waals surface area contributed by atoms with Gasteiger partial charge < -0.3 is 5.32 Å². The Balaban J connectivity index is 2.52. The maximum absolute atomic E-state index is 4.56. The highest BCUT2D eigenvalue weighted by atomic mass is 79.9. The third kappa shape index (κ3) is 1.61. The first kappa shape index (κ1) is 10.2. The molecule has 0 saturated carbocycles. The number of fused-ring (bicyclic) bond motifs is 1. The van der Waals surface area contributed by atoms with Gasteiger partial charge in [0, 0.05) is 12.1 Å². The highest BCUT2D eigenvalue weighted by molar-refractivity contribution is 9.10. The number of halogens is 1. The van der Waals surface area contributed by atoms with Gasteiger partial charge in [0.05, 0.1) is 11.2 Å². The van der Waals surface area contributed by atoms with Crippen LogP contribution in [0.2, 0.25) is 0 Å². The lowest BCUT2D eigenvalue weighted by Gasteiger charge is -2.24. The molecule has 1 N–H and O–H groups in total. The number of nitrogens with zero attached hydrogens (tertiary/aromatic N) is 2. The van der Waals surface area contributed by atoms with Crippen molar-refractivity contribution in [3.63, 3.8) is 0 Å². The normalized spacial score (nSPS) is 16.9. The Morgan fingerprint density at radius 2 is 2.14 bits per heavy atom. The van der Waals surface area contributed by atoms with E-state index in [4.69, 9.17) is 0 Å². The van der Waals surface area contributed by atoms with Crippen LogP contribution in [0, 0.1) is 0 Å². The molecule has 0 spiro atoms. The van der Waals surface area contributed by atoms with Crippen molar-refractivity contribution in [2.45, 2.75) is 39.3 Å². The summed E-state index contributed by atoms with van der Waals surface area (Å²) in [6.45, 7) is 8.54. The Hall–Kier alpha value is -0.350. The number of aromatic nitrogens is 2. The molecule has 0 atom stereocenters. The van der Waals surface area contributed by atoms with E-state index in [0.29, 0.717) is 0 Å². The van der Waals surface area contributed by atoms with E-state index in [1.54, 1.807) is 0 Å². The molecule has 1 aliphatic heterocycles. The zero-order valence-corrected chi connectivity index (χ0v) is 10.5. The second kappa shape index (κ2) is 3.35. The van der Waals surface area contributed by atoms with Crippen LogP contribution in [0.5, 0.6) is 0 Å². The fraction of sp³-hybridized carbons (Fsp3) is 0.700. The summed E-state index contributed by atoms with van der Waals surface area (Å²) in [7, 11) is 0. The fourth-order valence-electron chi connectivity index (χ4n) is 1.86. The molecule has 0 aromatic carbocycles. The summed E-state index contributed by atoms with van der Waals surface area (Å²) >= 11 is 3.54. The minimum atomic E-state index is 0.0646. The zero-order valence-electron chi connectivity index (χ0n) is 8.89. The molecule has 2 rings (SSSR count). The van der Waals surface area contributed by atoms with Crippen molar-refractivity contribution in [1.82, 2.24) is 15.1 Å². The van der Waals surface area contributed by atoms with Crippen LogP contribution in [0.25, 0.3) is 0 Å². The topological polar surface area (TPSA) is 29.9 Å². The molecule has 0 amide bonds. The van der Waals surface area contributed by atoms with Gasteiger partial charge in [-0.05, 0) is 49.7 Å². The van der Waals surface area contributed by atoms with Crippen LogP contribution in [-0.2, 0) is 18.5 Å². The van der Waals surface area contributed by atoms with Gasteiger partial charge >= 0.3 is 0 Å². The molecule has 0 unspecified atom stereocenters. The number of nitrogens with one attached hydrogen (secondary N) is 1. The molecule has 0 saturated heterocycles. The van der Waals surface area contributed by atoms with Crippen LogP contribution in [0.1, 0.15) is 32.0 Å². The molecule has 4 heteroatoms. The Labute approximate surface area is 93.0 Å². The quantitative estimate of drug-likeness (QED) is 0.771. The van der Waals surface area contributed by atoms with Gasteiger partial charge in [0.15, 0.2) is 0 Å². The molecule has 0 aliphatic carbocycles. The van der Waals surface area contributed by atoms with E-state index < -0.39 is 0 Å². The van der Waals surface area contributed by atoms with E-state index in [2.05, 4.69) is 51.8 Å². The first-order chi connectivity index (χ1) is 6.50. The van der Waals surface area contributed by atoms with Crippen molar-refractivity contribution >= 4 is 15.9 Å². The second-order valence-electron chi connectivity index (χ2n) is 4.73. The standard InChI is InChI=1S/C10H16BrN3/c1-10(2,3)14-8-6-12-5-4-7(8)9(11)13-14/h12H,4-6H2,1-3H3. The van der Waals surface area contributed by atoms with E-state index in [-0.39, 0.29) is 5.54 Å². The number of hydrogen-bond acceptors (Lipinski definition) is 2. The molecule has 14 heavy (non-hydrogen) atoms. The molecule has 78 valence electrons. The summed E-state index contributed by atoms with van der Waals surface area (Å²) < 4.78 is 3.14. The molecule has 0 radical (unpaired) electrons. The second-order valence-corrected chi connectivity index (χ2v) is 5.48. The van der Waals surface area contributed by atoms with E-state index >= 15 is 0 Å². The lowest BCUT2D eigenvalue weighted by molar-refractivity contribution is 0.336. The molecule has 1 aromatic heterocycles. The van der Waals surface area contributed by atoms with Crippen LogP contribution < -0.4 is 5.32 Å². The Morgan fingerprint density at radius 3 is 2.79 bits per heavy atom. The molecule has 1 aromatic rings. The first-order valence-electron chi connectivity index (χ1n) is 4.97. The van der Waals surface area contributed by atoms with Crippen LogP contribution in [-0.4, -0.2) is 16.3 Å². The van der Waals surface area contributed by atoms with Crippen LogP contribution in [0.3, 0.4) is 0 Å². The Morgan fingerprint density at radius 1 is 1.43 bits per heavy atom. The largest absolute Gasteiger partial charge is 0.311 e. The molecule has 3 nitrogen and oxygen atoms in total. The summed E-state index contributed by atoms with van der Waals surface area (Å²) in [5, 5.41) is 7.94. The van der Waals surface area contributed by atoms with Gasteiger partial charge in [0.1, 0.15) is 4.60 Å². The van der Waals surface area contributed by atoms with Gasteiger partial charge in [-0.15, -0.1) is 0 Å². The zero-order chi connectivity index (χ0) is 10.3. The Bertz CT molecular complexity index is 349. The van der Waals surface area contributed by atoms with Gasteiger partial charge in [-0.1, -0.05) is 0 Å². The summed E-state index contributed by atoms with van der Waals surface area (Å²) in [5.74, 6) is 0. The van der Waals surface area contributed by atoms with E-state index in [9.17, 15) is 0 Å². The van der Waals surface area contributed by atoms with E-state index in [0.717, 1.165) is 24.1 Å². The average Bonchev–Trinajstić information content (AvgIpc) is 2.44. The number of rotatable bonds is 0. The monoisotopic (exact) mass is 257 g/mol. The number of hydrogen-bond donors (Lipinski definition) is 1. The third-order valence-electron chi connectivity index (χ3n) is 2.52. The predicted molar refractivity (Wildman–Crippen MR) is 60.3 cm³/mol. The van der Waals surface area contributed by atoms with Crippen molar-refractivity contribution in [2.75, 3.05) is 6.54 Å². The van der Waals surface area contributed by atoms with Crippen molar-refractivity contribution in [1.29, 1.82) is 0 Å². The van der Waals surface area contributed by atoms with Crippen LogP contribution >= 0.6 is 15.9 Å².